The minimum atomic E-state index is -2.81. The van der Waals surface area contributed by atoms with Gasteiger partial charge < -0.3 is 4.74 Å². The minimum Gasteiger partial charge on any atom is -0.435 e. The van der Waals surface area contributed by atoms with E-state index in [0.29, 0.717) is 6.42 Å². The third-order valence-corrected chi connectivity index (χ3v) is 5.34. The standard InChI is InChI=1S/C17H13F2N3OS2/c1-10-15(22-6-7-24-17(22)20-10)13-9-25-14(21-13)8-11-2-4-12(5-3-11)23-16(18)19/h2-7,9,16H,8H2,1H3. The van der Waals surface area contributed by atoms with Crippen LogP contribution >= 0.6 is 22.7 Å². The second-order valence-electron chi connectivity index (χ2n) is 5.43. The second kappa shape index (κ2) is 6.53. The highest BCUT2D eigenvalue weighted by Crippen LogP contribution is 2.29. The van der Waals surface area contributed by atoms with E-state index >= 15 is 0 Å². The molecule has 0 fully saturated rings. The lowest BCUT2D eigenvalue weighted by molar-refractivity contribution is -0.0498. The first-order chi connectivity index (χ1) is 12.1. The van der Waals surface area contributed by atoms with Gasteiger partial charge in [-0.2, -0.15) is 8.78 Å². The third kappa shape index (κ3) is 3.27. The largest absolute Gasteiger partial charge is 0.435 e. The van der Waals surface area contributed by atoms with Crippen molar-refractivity contribution < 1.29 is 13.5 Å². The number of aryl methyl sites for hydroxylation is 1. The second-order valence-corrected chi connectivity index (χ2v) is 7.24. The van der Waals surface area contributed by atoms with Crippen molar-refractivity contribution in [3.8, 4) is 17.1 Å². The van der Waals surface area contributed by atoms with Crippen LogP contribution in [0.25, 0.3) is 16.3 Å². The Hall–Kier alpha value is -2.32. The van der Waals surface area contributed by atoms with Gasteiger partial charge in [-0.25, -0.2) is 9.97 Å². The van der Waals surface area contributed by atoms with E-state index in [9.17, 15) is 8.78 Å². The lowest BCUT2D eigenvalue weighted by atomic mass is 10.1. The van der Waals surface area contributed by atoms with Crippen molar-refractivity contribution in [3.05, 3.63) is 57.5 Å². The molecular formula is C17H13F2N3OS2. The summed E-state index contributed by atoms with van der Waals surface area (Å²) in [4.78, 5) is 10.2. The van der Waals surface area contributed by atoms with Crippen molar-refractivity contribution in [3.63, 3.8) is 0 Å². The van der Waals surface area contributed by atoms with E-state index in [0.717, 1.165) is 32.6 Å². The Morgan fingerprint density at radius 2 is 1.96 bits per heavy atom. The Bertz CT molecular complexity index is 1000. The molecule has 1 aromatic carbocycles. The summed E-state index contributed by atoms with van der Waals surface area (Å²) in [5.41, 5.74) is 3.87. The molecule has 0 amide bonds. The smallest absolute Gasteiger partial charge is 0.387 e. The first-order valence-corrected chi connectivity index (χ1v) is 9.27. The number of thiazole rings is 2. The summed E-state index contributed by atoms with van der Waals surface area (Å²) in [6.07, 6.45) is 2.64. The minimum absolute atomic E-state index is 0.160. The van der Waals surface area contributed by atoms with Crippen molar-refractivity contribution in [2.75, 3.05) is 0 Å². The number of nitrogens with zero attached hydrogens (tertiary/aromatic N) is 3. The molecule has 0 aliphatic heterocycles. The van der Waals surface area contributed by atoms with Crippen LogP contribution in [0.15, 0.2) is 41.2 Å². The van der Waals surface area contributed by atoms with E-state index in [-0.39, 0.29) is 5.75 Å². The SMILES string of the molecule is Cc1nc2sccn2c1-c1csc(Cc2ccc(OC(F)F)cc2)n1. The Kier molecular flexibility index (Phi) is 4.22. The summed E-state index contributed by atoms with van der Waals surface area (Å²) in [6, 6.07) is 6.65. The van der Waals surface area contributed by atoms with E-state index < -0.39 is 6.61 Å². The highest BCUT2D eigenvalue weighted by atomic mass is 32.1. The molecule has 0 saturated heterocycles. The molecule has 0 aliphatic carbocycles. The molecule has 0 bridgehead atoms. The fraction of sp³-hybridized carbons (Fsp3) is 0.176. The number of halogens is 2. The Labute approximate surface area is 150 Å². The molecule has 8 heteroatoms. The Morgan fingerprint density at radius 3 is 2.72 bits per heavy atom. The van der Waals surface area contributed by atoms with Gasteiger partial charge in [-0.15, -0.1) is 22.7 Å². The lowest BCUT2D eigenvalue weighted by Gasteiger charge is -2.04. The van der Waals surface area contributed by atoms with Gasteiger partial charge in [-0.1, -0.05) is 12.1 Å². The molecule has 0 aliphatic rings. The summed E-state index contributed by atoms with van der Waals surface area (Å²) in [7, 11) is 0. The van der Waals surface area contributed by atoms with E-state index in [1.165, 1.54) is 0 Å². The number of aromatic nitrogens is 3. The van der Waals surface area contributed by atoms with Crippen LogP contribution in [0.3, 0.4) is 0 Å². The molecule has 0 unspecified atom stereocenters. The summed E-state index contributed by atoms with van der Waals surface area (Å²) in [6.45, 7) is -0.823. The van der Waals surface area contributed by atoms with E-state index in [2.05, 4.69) is 14.1 Å². The third-order valence-electron chi connectivity index (χ3n) is 3.73. The molecular weight excluding hydrogens is 364 g/mol. The van der Waals surface area contributed by atoms with Crippen molar-refractivity contribution in [2.45, 2.75) is 20.0 Å². The fourth-order valence-corrected chi connectivity index (χ4v) is 4.24. The van der Waals surface area contributed by atoms with E-state index in [1.54, 1.807) is 46.9 Å². The van der Waals surface area contributed by atoms with Crippen LogP contribution in [0, 0.1) is 6.92 Å². The van der Waals surface area contributed by atoms with Crippen molar-refractivity contribution in [2.24, 2.45) is 0 Å². The monoisotopic (exact) mass is 377 g/mol. The van der Waals surface area contributed by atoms with Gasteiger partial charge in [-0.3, -0.25) is 4.40 Å². The highest BCUT2D eigenvalue weighted by Gasteiger charge is 2.15. The number of benzene rings is 1. The maximum Gasteiger partial charge on any atom is 0.387 e. The van der Waals surface area contributed by atoms with Gasteiger partial charge >= 0.3 is 6.61 Å². The quantitative estimate of drug-likeness (QED) is 0.490. The maximum atomic E-state index is 12.2. The zero-order chi connectivity index (χ0) is 17.4. The summed E-state index contributed by atoms with van der Waals surface area (Å²) < 4.78 is 30.8. The Balaban J connectivity index is 1.55. The van der Waals surface area contributed by atoms with Crippen LogP contribution in [-0.2, 0) is 6.42 Å². The van der Waals surface area contributed by atoms with Crippen LogP contribution in [0.5, 0.6) is 5.75 Å². The number of hydrogen-bond donors (Lipinski definition) is 0. The molecule has 128 valence electrons. The van der Waals surface area contributed by atoms with Gasteiger partial charge in [0.15, 0.2) is 4.96 Å². The zero-order valence-corrected chi connectivity index (χ0v) is 14.8. The molecule has 0 spiro atoms. The number of imidazole rings is 1. The Morgan fingerprint density at radius 1 is 1.16 bits per heavy atom. The van der Waals surface area contributed by atoms with Gasteiger partial charge in [0.1, 0.15) is 11.4 Å². The van der Waals surface area contributed by atoms with E-state index in [1.807, 2.05) is 23.9 Å². The van der Waals surface area contributed by atoms with Crippen molar-refractivity contribution in [1.82, 2.24) is 14.4 Å². The number of ether oxygens (including phenoxy) is 1. The highest BCUT2D eigenvalue weighted by molar-refractivity contribution is 7.15. The summed E-state index contributed by atoms with van der Waals surface area (Å²) in [5, 5.41) is 4.99. The molecule has 0 N–H and O–H groups in total. The topological polar surface area (TPSA) is 39.4 Å². The molecule has 4 nitrogen and oxygen atoms in total. The van der Waals surface area contributed by atoms with Gasteiger partial charge in [-0.05, 0) is 24.6 Å². The van der Waals surface area contributed by atoms with Gasteiger partial charge in [0.25, 0.3) is 0 Å². The number of hydrogen-bond acceptors (Lipinski definition) is 5. The molecule has 3 heterocycles. The molecule has 0 radical (unpaired) electrons. The number of alkyl halides is 2. The first kappa shape index (κ1) is 16.2. The molecule has 4 rings (SSSR count). The van der Waals surface area contributed by atoms with Gasteiger partial charge in [0.05, 0.1) is 16.4 Å². The molecule has 25 heavy (non-hydrogen) atoms. The predicted octanol–water partition coefficient (Wildman–Crippen LogP) is 5.02. The van der Waals surface area contributed by atoms with Crippen LogP contribution in [-0.4, -0.2) is 21.0 Å². The maximum absolute atomic E-state index is 12.2. The van der Waals surface area contributed by atoms with Crippen molar-refractivity contribution >= 4 is 27.6 Å². The van der Waals surface area contributed by atoms with Gasteiger partial charge in [0, 0.05) is 23.4 Å². The summed E-state index contributed by atoms with van der Waals surface area (Å²) in [5.74, 6) is 0.160. The average molecular weight is 377 g/mol. The van der Waals surface area contributed by atoms with Gasteiger partial charge in [0.2, 0.25) is 0 Å². The van der Waals surface area contributed by atoms with Crippen LogP contribution < -0.4 is 4.74 Å². The molecule has 3 aromatic heterocycles. The average Bonchev–Trinajstić information content (AvgIpc) is 3.25. The van der Waals surface area contributed by atoms with Crippen LogP contribution in [0.4, 0.5) is 8.78 Å². The molecule has 0 atom stereocenters. The van der Waals surface area contributed by atoms with Crippen LogP contribution in [0.2, 0.25) is 0 Å². The summed E-state index contributed by atoms with van der Waals surface area (Å²) >= 11 is 3.17. The zero-order valence-electron chi connectivity index (χ0n) is 13.1. The fourth-order valence-electron chi connectivity index (χ4n) is 2.67. The lowest BCUT2D eigenvalue weighted by Crippen LogP contribution is -2.01. The first-order valence-electron chi connectivity index (χ1n) is 7.51. The normalized spacial score (nSPS) is 11.5. The predicted molar refractivity (Wildman–Crippen MR) is 94.8 cm³/mol. The van der Waals surface area contributed by atoms with E-state index in [4.69, 9.17) is 4.98 Å². The van der Waals surface area contributed by atoms with Crippen molar-refractivity contribution in [1.29, 1.82) is 0 Å². The number of rotatable bonds is 5. The van der Waals surface area contributed by atoms with Crippen LogP contribution in [0.1, 0.15) is 16.3 Å². The number of fused-ring (bicyclic) bond motifs is 1. The molecule has 4 aromatic rings. The molecule has 0 saturated carbocycles.